The Labute approximate surface area is 171 Å². The molecule has 1 heterocycles. The third-order valence-electron chi connectivity index (χ3n) is 4.25. The SMILES string of the molecule is CN(CC(F)(F)F)[C@@H](C(N)=O)C(=O)Nc1ccc(N2CCOCC2=O)cc1C(F)(F)F. The first-order valence-corrected chi connectivity index (χ1v) is 8.67. The highest BCUT2D eigenvalue weighted by Gasteiger charge is 2.39. The van der Waals surface area contributed by atoms with Crippen molar-refractivity contribution in [2.45, 2.75) is 18.4 Å². The molecule has 1 aliphatic rings. The summed E-state index contributed by atoms with van der Waals surface area (Å²) in [6.07, 6.45) is -9.78. The van der Waals surface area contributed by atoms with Crippen molar-refractivity contribution in [1.29, 1.82) is 0 Å². The second kappa shape index (κ2) is 9.09. The number of carbonyl (C=O) groups is 3. The number of alkyl halides is 6. The molecule has 2 rings (SSSR count). The number of benzene rings is 1. The summed E-state index contributed by atoms with van der Waals surface area (Å²) in [5, 5.41) is 1.81. The molecule has 0 bridgehead atoms. The maximum Gasteiger partial charge on any atom is 0.418 e. The average Bonchev–Trinajstić information content (AvgIpc) is 2.59. The van der Waals surface area contributed by atoms with Gasteiger partial charge in [-0.25, -0.2) is 0 Å². The monoisotopic (exact) mass is 456 g/mol. The van der Waals surface area contributed by atoms with E-state index < -0.39 is 53.9 Å². The number of amides is 3. The molecule has 31 heavy (non-hydrogen) atoms. The Hall–Kier alpha value is -2.87. The van der Waals surface area contributed by atoms with Crippen LogP contribution in [0.1, 0.15) is 5.56 Å². The lowest BCUT2D eigenvalue weighted by molar-refractivity contribution is -0.154. The predicted octanol–water partition coefficient (Wildman–Crippen LogP) is 1.36. The third kappa shape index (κ3) is 6.30. The lowest BCUT2D eigenvalue weighted by atomic mass is 10.1. The van der Waals surface area contributed by atoms with E-state index in [0.717, 1.165) is 24.1 Å². The minimum absolute atomic E-state index is 0.00776. The number of primary amides is 1. The fraction of sp³-hybridized carbons (Fsp3) is 0.471. The zero-order valence-corrected chi connectivity index (χ0v) is 16.0. The quantitative estimate of drug-likeness (QED) is 0.497. The lowest BCUT2D eigenvalue weighted by Crippen LogP contribution is -2.53. The van der Waals surface area contributed by atoms with Crippen molar-refractivity contribution in [3.63, 3.8) is 0 Å². The van der Waals surface area contributed by atoms with E-state index in [0.29, 0.717) is 6.07 Å². The van der Waals surface area contributed by atoms with Gasteiger partial charge in [-0.2, -0.15) is 26.3 Å². The summed E-state index contributed by atoms with van der Waals surface area (Å²) >= 11 is 0. The number of nitrogens with zero attached hydrogens (tertiary/aromatic N) is 2. The highest BCUT2D eigenvalue weighted by molar-refractivity contribution is 6.10. The maximum atomic E-state index is 13.6. The Morgan fingerprint density at radius 3 is 2.42 bits per heavy atom. The van der Waals surface area contributed by atoms with Crippen LogP contribution in [0.4, 0.5) is 37.7 Å². The van der Waals surface area contributed by atoms with E-state index in [1.54, 1.807) is 0 Å². The van der Waals surface area contributed by atoms with Crippen molar-refractivity contribution in [1.82, 2.24) is 4.90 Å². The summed E-state index contributed by atoms with van der Waals surface area (Å²) in [6, 6.07) is 0.383. The molecule has 0 aromatic heterocycles. The van der Waals surface area contributed by atoms with Gasteiger partial charge in [0.2, 0.25) is 5.91 Å². The summed E-state index contributed by atoms with van der Waals surface area (Å²) in [4.78, 5) is 37.0. The maximum absolute atomic E-state index is 13.6. The molecule has 0 aliphatic carbocycles. The van der Waals surface area contributed by atoms with Gasteiger partial charge >= 0.3 is 12.4 Å². The van der Waals surface area contributed by atoms with Gasteiger partial charge in [0, 0.05) is 12.2 Å². The molecule has 0 spiro atoms. The van der Waals surface area contributed by atoms with Crippen molar-refractivity contribution >= 4 is 29.1 Å². The largest absolute Gasteiger partial charge is 0.418 e. The van der Waals surface area contributed by atoms with Crippen LogP contribution in [0.3, 0.4) is 0 Å². The smallest absolute Gasteiger partial charge is 0.370 e. The lowest BCUT2D eigenvalue weighted by Gasteiger charge is -2.28. The third-order valence-corrected chi connectivity index (χ3v) is 4.25. The van der Waals surface area contributed by atoms with E-state index in [4.69, 9.17) is 10.5 Å². The predicted molar refractivity (Wildman–Crippen MR) is 94.9 cm³/mol. The normalized spacial score (nSPS) is 16.4. The van der Waals surface area contributed by atoms with Crippen molar-refractivity contribution in [3.05, 3.63) is 23.8 Å². The number of morpholine rings is 1. The van der Waals surface area contributed by atoms with E-state index >= 15 is 0 Å². The summed E-state index contributed by atoms with van der Waals surface area (Å²) in [7, 11) is 0.778. The van der Waals surface area contributed by atoms with Gasteiger partial charge < -0.3 is 20.7 Å². The molecule has 1 aliphatic heterocycles. The van der Waals surface area contributed by atoms with Crippen molar-refractivity contribution in [2.75, 3.05) is 43.6 Å². The Morgan fingerprint density at radius 1 is 1.26 bits per heavy atom. The van der Waals surface area contributed by atoms with E-state index in [-0.39, 0.29) is 30.3 Å². The number of rotatable bonds is 6. The zero-order valence-electron chi connectivity index (χ0n) is 16.0. The number of likely N-dealkylation sites (N-methyl/N-ethyl adjacent to an activating group) is 1. The van der Waals surface area contributed by atoms with Gasteiger partial charge in [-0.05, 0) is 25.2 Å². The molecule has 1 aromatic rings. The van der Waals surface area contributed by atoms with E-state index in [9.17, 15) is 40.7 Å². The van der Waals surface area contributed by atoms with Crippen LogP contribution in [-0.2, 0) is 25.3 Å². The summed E-state index contributed by atoms with van der Waals surface area (Å²) in [6.45, 7) is -1.89. The molecule has 0 unspecified atom stereocenters. The minimum Gasteiger partial charge on any atom is -0.370 e. The van der Waals surface area contributed by atoms with Crippen LogP contribution >= 0.6 is 0 Å². The minimum atomic E-state index is -4.99. The molecule has 3 N–H and O–H groups in total. The van der Waals surface area contributed by atoms with Crippen molar-refractivity contribution in [3.8, 4) is 0 Å². The van der Waals surface area contributed by atoms with Crippen LogP contribution in [0.2, 0.25) is 0 Å². The van der Waals surface area contributed by atoms with E-state index in [1.165, 1.54) is 0 Å². The van der Waals surface area contributed by atoms with Gasteiger partial charge in [-0.1, -0.05) is 0 Å². The zero-order chi connectivity index (χ0) is 23.6. The van der Waals surface area contributed by atoms with E-state index in [2.05, 4.69) is 0 Å². The Bertz CT molecular complexity index is 858. The molecule has 1 aromatic carbocycles. The molecule has 8 nitrogen and oxygen atoms in total. The number of ether oxygens (including phenoxy) is 1. The van der Waals surface area contributed by atoms with Crippen LogP contribution in [0.25, 0.3) is 0 Å². The van der Waals surface area contributed by atoms with Crippen LogP contribution < -0.4 is 16.0 Å². The number of anilines is 2. The fourth-order valence-electron chi connectivity index (χ4n) is 2.96. The molecule has 1 atom stereocenters. The van der Waals surface area contributed by atoms with Gasteiger partial charge in [-0.3, -0.25) is 19.3 Å². The molecule has 3 amide bonds. The van der Waals surface area contributed by atoms with Gasteiger partial charge in [0.25, 0.3) is 11.8 Å². The van der Waals surface area contributed by atoms with Gasteiger partial charge in [-0.15, -0.1) is 0 Å². The average molecular weight is 456 g/mol. The number of nitrogens with two attached hydrogens (primary N) is 1. The Morgan fingerprint density at radius 2 is 1.90 bits per heavy atom. The Balaban J connectivity index is 2.35. The van der Waals surface area contributed by atoms with Crippen molar-refractivity contribution in [2.24, 2.45) is 5.73 Å². The second-order valence-corrected chi connectivity index (χ2v) is 6.65. The van der Waals surface area contributed by atoms with Crippen LogP contribution in [-0.4, -0.2) is 68.2 Å². The van der Waals surface area contributed by atoms with Crippen LogP contribution in [0, 0.1) is 0 Å². The number of hydrogen-bond donors (Lipinski definition) is 2. The summed E-state index contributed by atoms with van der Waals surface area (Å²) in [5.74, 6) is -3.52. The molecular weight excluding hydrogens is 438 g/mol. The molecule has 0 saturated carbocycles. The van der Waals surface area contributed by atoms with Crippen LogP contribution in [0.15, 0.2) is 18.2 Å². The highest BCUT2D eigenvalue weighted by Crippen LogP contribution is 2.37. The number of carbonyl (C=O) groups excluding carboxylic acids is 3. The van der Waals surface area contributed by atoms with E-state index in [1.807, 2.05) is 5.32 Å². The fourth-order valence-corrected chi connectivity index (χ4v) is 2.96. The molecule has 172 valence electrons. The van der Waals surface area contributed by atoms with Crippen LogP contribution in [0.5, 0.6) is 0 Å². The first-order valence-electron chi connectivity index (χ1n) is 8.67. The first-order chi connectivity index (χ1) is 14.2. The first kappa shape index (κ1) is 24.4. The Kier molecular flexibility index (Phi) is 7.16. The number of hydrogen-bond acceptors (Lipinski definition) is 5. The molecule has 14 heteroatoms. The van der Waals surface area contributed by atoms with Gasteiger partial charge in [0.1, 0.15) is 6.61 Å². The molecule has 0 radical (unpaired) electrons. The summed E-state index contributed by atoms with van der Waals surface area (Å²) < 4.78 is 83.3. The number of nitrogens with one attached hydrogen (secondary N) is 1. The number of halogens is 6. The molecular formula is C17H18F6N4O4. The van der Waals surface area contributed by atoms with Crippen molar-refractivity contribution < 1.29 is 45.5 Å². The topological polar surface area (TPSA) is 105 Å². The standard InChI is InChI=1S/C17H18F6N4O4/c1-26(8-16(18,19)20)13(14(24)29)15(30)25-11-3-2-9(6-10(11)17(21,22)23)27-4-5-31-7-12(27)28/h2-3,6,13H,4-5,7-8H2,1H3,(H2,24,29)(H,25,30)/t13-/m0/s1. The molecule has 1 saturated heterocycles. The van der Waals surface area contributed by atoms with Gasteiger partial charge in [0.15, 0.2) is 6.04 Å². The second-order valence-electron chi connectivity index (χ2n) is 6.65. The highest BCUT2D eigenvalue weighted by atomic mass is 19.4. The van der Waals surface area contributed by atoms with Gasteiger partial charge in [0.05, 0.1) is 24.4 Å². The summed E-state index contributed by atoms with van der Waals surface area (Å²) in [5.41, 5.74) is 2.70. The molecule has 1 fully saturated rings.